The summed E-state index contributed by atoms with van der Waals surface area (Å²) in [5, 5.41) is 15.4. The Bertz CT molecular complexity index is 1440. The molecule has 194 valence electrons. The van der Waals surface area contributed by atoms with Crippen molar-refractivity contribution in [1.29, 1.82) is 0 Å². The van der Waals surface area contributed by atoms with E-state index in [2.05, 4.69) is 26.0 Å². The van der Waals surface area contributed by atoms with Gasteiger partial charge in [0.15, 0.2) is 0 Å². The minimum absolute atomic E-state index is 0.0146. The molecule has 0 saturated heterocycles. The zero-order valence-corrected chi connectivity index (χ0v) is 21.8. The van der Waals surface area contributed by atoms with Gasteiger partial charge in [-0.25, -0.2) is 5.43 Å². The summed E-state index contributed by atoms with van der Waals surface area (Å²) in [4.78, 5) is 24.7. The number of nitrogens with one attached hydrogen (secondary N) is 2. The van der Waals surface area contributed by atoms with E-state index in [1.165, 1.54) is 6.21 Å². The Labute approximate surface area is 224 Å². The molecule has 3 aromatic carbocycles. The number of rotatable bonds is 11. The third-order valence-corrected chi connectivity index (χ3v) is 6.10. The van der Waals surface area contributed by atoms with E-state index >= 15 is 0 Å². The summed E-state index contributed by atoms with van der Waals surface area (Å²) < 4.78 is 11.4. The van der Waals surface area contributed by atoms with Crippen LogP contribution in [0.3, 0.4) is 0 Å². The summed E-state index contributed by atoms with van der Waals surface area (Å²) in [7, 11) is 0. The number of carbonyl (C=O) groups excluding carboxylic acids is 2. The molecule has 38 heavy (non-hydrogen) atoms. The molecule has 0 unspecified atom stereocenters. The highest BCUT2D eigenvalue weighted by molar-refractivity contribution is 7.15. The van der Waals surface area contributed by atoms with Crippen LogP contribution < -0.4 is 20.2 Å². The second-order valence-corrected chi connectivity index (χ2v) is 9.39. The zero-order chi connectivity index (χ0) is 26.7. The van der Waals surface area contributed by atoms with Crippen LogP contribution in [0.4, 0.5) is 5.13 Å². The molecule has 0 fully saturated rings. The molecule has 10 heteroatoms. The average Bonchev–Trinajstić information content (AvgIpc) is 3.33. The molecule has 4 rings (SSSR count). The van der Waals surface area contributed by atoms with Crippen LogP contribution in [0.5, 0.6) is 11.5 Å². The van der Waals surface area contributed by atoms with Crippen LogP contribution >= 0.6 is 11.3 Å². The van der Waals surface area contributed by atoms with E-state index in [1.54, 1.807) is 12.1 Å². The average molecular weight is 530 g/mol. The van der Waals surface area contributed by atoms with Gasteiger partial charge in [0.1, 0.15) is 29.7 Å². The normalized spacial score (nSPS) is 10.8. The molecule has 0 radical (unpaired) electrons. The number of nitrogens with zero attached hydrogens (tertiary/aromatic N) is 3. The second kappa shape index (κ2) is 13.1. The summed E-state index contributed by atoms with van der Waals surface area (Å²) in [5.41, 5.74) is 5.79. The minimum atomic E-state index is -0.352. The van der Waals surface area contributed by atoms with Crippen LogP contribution in [-0.4, -0.2) is 41.4 Å². The van der Waals surface area contributed by atoms with Crippen LogP contribution in [0.1, 0.15) is 32.1 Å². The summed E-state index contributed by atoms with van der Waals surface area (Å²) in [6.45, 7) is 4.68. The smallest absolute Gasteiger partial charge is 0.257 e. The largest absolute Gasteiger partial charge is 0.490 e. The number of hydrazone groups is 1. The monoisotopic (exact) mass is 529 g/mol. The third kappa shape index (κ3) is 7.97. The number of benzene rings is 3. The lowest BCUT2D eigenvalue weighted by Crippen LogP contribution is -2.19. The van der Waals surface area contributed by atoms with Crippen molar-refractivity contribution in [3.63, 3.8) is 0 Å². The maximum Gasteiger partial charge on any atom is 0.257 e. The number of amides is 2. The van der Waals surface area contributed by atoms with Crippen molar-refractivity contribution in [2.75, 3.05) is 18.5 Å². The summed E-state index contributed by atoms with van der Waals surface area (Å²) in [5.74, 6) is 0.851. The maximum atomic E-state index is 12.4. The first-order chi connectivity index (χ1) is 18.5. The molecule has 1 aromatic heterocycles. The number of aromatic nitrogens is 2. The van der Waals surface area contributed by atoms with Crippen molar-refractivity contribution in [2.24, 2.45) is 5.10 Å². The fraction of sp³-hybridized carbons (Fsp3) is 0.179. The molecule has 2 amide bonds. The summed E-state index contributed by atoms with van der Waals surface area (Å²) in [6, 6.07) is 22.4. The van der Waals surface area contributed by atoms with Gasteiger partial charge in [0, 0.05) is 5.56 Å². The van der Waals surface area contributed by atoms with Crippen molar-refractivity contribution in [3.05, 3.63) is 100 Å². The molecule has 0 saturated carbocycles. The molecule has 0 aliphatic carbocycles. The highest BCUT2D eigenvalue weighted by atomic mass is 32.1. The van der Waals surface area contributed by atoms with E-state index in [1.807, 2.05) is 74.5 Å². The molecule has 0 atom stereocenters. The predicted molar refractivity (Wildman–Crippen MR) is 147 cm³/mol. The van der Waals surface area contributed by atoms with Crippen LogP contribution in [0.2, 0.25) is 0 Å². The first kappa shape index (κ1) is 26.5. The van der Waals surface area contributed by atoms with E-state index in [4.69, 9.17) is 9.47 Å². The molecule has 1 heterocycles. The van der Waals surface area contributed by atoms with Gasteiger partial charge in [-0.15, -0.1) is 10.2 Å². The Morgan fingerprint density at radius 2 is 1.66 bits per heavy atom. The fourth-order valence-electron chi connectivity index (χ4n) is 3.43. The highest BCUT2D eigenvalue weighted by Crippen LogP contribution is 2.18. The number of carbonyl (C=O) groups is 2. The minimum Gasteiger partial charge on any atom is -0.490 e. The standard InChI is InChI=1S/C28H27N5O4S/c1-19-7-5-10-22(15-19)36-13-14-37-23-11-6-9-21(16-23)18-29-31-25(34)17-26-32-33-28(38-26)30-27(35)24-12-4-3-8-20(24)2/h3-12,15-16,18H,13-14,17H2,1-2H3,(H,31,34)(H,30,33,35)/b29-18-. The van der Waals surface area contributed by atoms with Crippen LogP contribution in [0, 0.1) is 13.8 Å². The van der Waals surface area contributed by atoms with Crippen molar-refractivity contribution in [1.82, 2.24) is 15.6 Å². The van der Waals surface area contributed by atoms with E-state index in [0.29, 0.717) is 34.7 Å². The van der Waals surface area contributed by atoms with Gasteiger partial charge in [-0.2, -0.15) is 5.10 Å². The first-order valence-electron chi connectivity index (χ1n) is 11.9. The first-order valence-corrected chi connectivity index (χ1v) is 12.7. The quantitative estimate of drug-likeness (QED) is 0.167. The molecular formula is C28H27N5O4S. The van der Waals surface area contributed by atoms with E-state index in [0.717, 1.165) is 33.8 Å². The van der Waals surface area contributed by atoms with Gasteiger partial charge in [0.2, 0.25) is 11.0 Å². The SMILES string of the molecule is Cc1cccc(OCCOc2cccc(/C=N\NC(=O)Cc3nnc(NC(=O)c4ccccc4C)s3)c2)c1. The summed E-state index contributed by atoms with van der Waals surface area (Å²) in [6.07, 6.45) is 1.52. The lowest BCUT2D eigenvalue weighted by atomic mass is 10.1. The van der Waals surface area contributed by atoms with Crippen LogP contribution in [0.25, 0.3) is 0 Å². The highest BCUT2D eigenvalue weighted by Gasteiger charge is 2.13. The van der Waals surface area contributed by atoms with Gasteiger partial charge in [-0.3, -0.25) is 14.9 Å². The van der Waals surface area contributed by atoms with E-state index in [-0.39, 0.29) is 18.2 Å². The fourth-order valence-corrected chi connectivity index (χ4v) is 4.17. The number of hydrogen-bond donors (Lipinski definition) is 2. The molecule has 0 bridgehead atoms. The lowest BCUT2D eigenvalue weighted by Gasteiger charge is -2.09. The van der Waals surface area contributed by atoms with E-state index < -0.39 is 0 Å². The van der Waals surface area contributed by atoms with Crippen molar-refractivity contribution in [2.45, 2.75) is 20.3 Å². The molecule has 4 aromatic rings. The Hall–Kier alpha value is -4.57. The van der Waals surface area contributed by atoms with E-state index in [9.17, 15) is 9.59 Å². The lowest BCUT2D eigenvalue weighted by molar-refractivity contribution is -0.120. The van der Waals surface area contributed by atoms with Gasteiger partial charge in [0.25, 0.3) is 5.91 Å². The van der Waals surface area contributed by atoms with Gasteiger partial charge in [-0.1, -0.05) is 53.8 Å². The number of hydrogen-bond acceptors (Lipinski definition) is 8. The molecule has 0 aliphatic heterocycles. The molecular weight excluding hydrogens is 502 g/mol. The molecule has 9 nitrogen and oxygen atoms in total. The van der Waals surface area contributed by atoms with Gasteiger partial charge in [0.05, 0.1) is 12.6 Å². The Balaban J connectivity index is 1.20. The number of anilines is 1. The topological polar surface area (TPSA) is 115 Å². The van der Waals surface area contributed by atoms with Crippen molar-refractivity contribution < 1.29 is 19.1 Å². The number of aryl methyl sites for hydroxylation is 2. The third-order valence-electron chi connectivity index (χ3n) is 5.26. The second-order valence-electron chi connectivity index (χ2n) is 8.33. The van der Waals surface area contributed by atoms with Crippen molar-refractivity contribution in [3.8, 4) is 11.5 Å². The van der Waals surface area contributed by atoms with Gasteiger partial charge in [-0.05, 0) is 60.9 Å². The molecule has 0 spiro atoms. The Kier molecular flexibility index (Phi) is 9.14. The molecule has 0 aliphatic rings. The van der Waals surface area contributed by atoms with Crippen molar-refractivity contribution >= 4 is 34.5 Å². The Morgan fingerprint density at radius 3 is 2.42 bits per heavy atom. The number of ether oxygens (including phenoxy) is 2. The zero-order valence-electron chi connectivity index (χ0n) is 21.0. The van der Waals surface area contributed by atoms with Crippen LogP contribution in [-0.2, 0) is 11.2 Å². The predicted octanol–water partition coefficient (Wildman–Crippen LogP) is 4.56. The Morgan fingerprint density at radius 1 is 0.921 bits per heavy atom. The van der Waals surface area contributed by atoms with Gasteiger partial charge < -0.3 is 9.47 Å². The van der Waals surface area contributed by atoms with Gasteiger partial charge >= 0.3 is 0 Å². The van der Waals surface area contributed by atoms with Crippen LogP contribution in [0.15, 0.2) is 77.9 Å². The maximum absolute atomic E-state index is 12.4. The summed E-state index contributed by atoms with van der Waals surface area (Å²) >= 11 is 1.14. The molecule has 2 N–H and O–H groups in total.